The zero-order valence-corrected chi connectivity index (χ0v) is 9.74. The van der Waals surface area contributed by atoms with Gasteiger partial charge < -0.3 is 5.73 Å². The van der Waals surface area contributed by atoms with Gasteiger partial charge in [-0.05, 0) is 34.8 Å². The van der Waals surface area contributed by atoms with Crippen LogP contribution in [-0.4, -0.2) is 14.6 Å². The van der Waals surface area contributed by atoms with E-state index >= 15 is 0 Å². The Kier molecular flexibility index (Phi) is 1.95. The number of pyridine rings is 1. The highest BCUT2D eigenvalue weighted by molar-refractivity contribution is 9.10. The molecule has 0 saturated heterocycles. The summed E-state index contributed by atoms with van der Waals surface area (Å²) in [5, 5.41) is 4.45. The number of nitrogens with zero attached hydrogens (tertiary/aromatic N) is 3. The number of nitrogens with two attached hydrogens (primary N) is 1. The second-order valence-electron chi connectivity index (χ2n) is 3.99. The number of rotatable bonds is 1. The van der Waals surface area contributed by atoms with Gasteiger partial charge in [0.05, 0.1) is 16.4 Å². The van der Waals surface area contributed by atoms with E-state index in [0.717, 1.165) is 15.9 Å². The van der Waals surface area contributed by atoms with Gasteiger partial charge >= 0.3 is 0 Å². The molecule has 1 aliphatic rings. The minimum atomic E-state index is 0.554. The van der Waals surface area contributed by atoms with Gasteiger partial charge in [0.1, 0.15) is 0 Å². The molecule has 1 aliphatic carbocycles. The molecule has 0 spiro atoms. The molecule has 2 aromatic rings. The van der Waals surface area contributed by atoms with Gasteiger partial charge in [-0.1, -0.05) is 6.42 Å². The lowest BCUT2D eigenvalue weighted by Gasteiger charge is -2.21. The first-order valence-electron chi connectivity index (χ1n) is 5.05. The first-order valence-corrected chi connectivity index (χ1v) is 5.84. The summed E-state index contributed by atoms with van der Waals surface area (Å²) in [7, 11) is 0. The van der Waals surface area contributed by atoms with Crippen molar-refractivity contribution < 1.29 is 0 Å². The van der Waals surface area contributed by atoms with E-state index in [0.29, 0.717) is 11.6 Å². The summed E-state index contributed by atoms with van der Waals surface area (Å²) < 4.78 is 2.66. The van der Waals surface area contributed by atoms with Crippen LogP contribution in [0.5, 0.6) is 0 Å². The van der Waals surface area contributed by atoms with Gasteiger partial charge in [0.25, 0.3) is 0 Å². The second kappa shape index (κ2) is 3.20. The summed E-state index contributed by atoms with van der Waals surface area (Å²) in [4.78, 5) is 4.52. The molecule has 2 aromatic heterocycles. The normalized spacial score (nSPS) is 16.9. The lowest BCUT2D eigenvalue weighted by atomic mass is 9.85. The van der Waals surface area contributed by atoms with E-state index < -0.39 is 0 Å². The molecule has 5 heteroatoms. The lowest BCUT2D eigenvalue weighted by molar-refractivity contribution is 0.402. The number of hydrogen-bond acceptors (Lipinski definition) is 3. The fourth-order valence-electron chi connectivity index (χ4n) is 1.82. The minimum Gasteiger partial charge on any atom is -0.397 e. The standard InChI is InChI=1S/C10H11BrN4/c11-8-4-7(12)5-15-10(8)13-9(14-15)6-2-1-3-6/h4-6H,1-3,12H2. The van der Waals surface area contributed by atoms with E-state index in [2.05, 4.69) is 26.0 Å². The lowest BCUT2D eigenvalue weighted by Crippen LogP contribution is -2.10. The Labute approximate surface area is 95.6 Å². The number of aromatic nitrogens is 3. The van der Waals surface area contributed by atoms with Crippen LogP contribution in [0.2, 0.25) is 0 Å². The largest absolute Gasteiger partial charge is 0.397 e. The third-order valence-corrected chi connectivity index (χ3v) is 3.48. The number of hydrogen-bond donors (Lipinski definition) is 1. The summed E-state index contributed by atoms with van der Waals surface area (Å²) in [6.45, 7) is 0. The highest BCUT2D eigenvalue weighted by Crippen LogP contribution is 2.35. The Hall–Kier alpha value is -1.10. The molecule has 1 saturated carbocycles. The number of fused-ring (bicyclic) bond motifs is 1. The molecular weight excluding hydrogens is 256 g/mol. The van der Waals surface area contributed by atoms with E-state index in [9.17, 15) is 0 Å². The van der Waals surface area contributed by atoms with Crippen LogP contribution in [0.25, 0.3) is 5.65 Å². The third-order valence-electron chi connectivity index (χ3n) is 2.90. The summed E-state index contributed by atoms with van der Waals surface area (Å²) in [6, 6.07) is 1.86. The van der Waals surface area contributed by atoms with E-state index in [-0.39, 0.29) is 0 Å². The summed E-state index contributed by atoms with van der Waals surface area (Å²) in [5.41, 5.74) is 7.28. The van der Waals surface area contributed by atoms with Crippen LogP contribution in [0, 0.1) is 0 Å². The van der Waals surface area contributed by atoms with Gasteiger partial charge in [-0.25, -0.2) is 9.50 Å². The van der Waals surface area contributed by atoms with E-state index in [4.69, 9.17) is 5.73 Å². The van der Waals surface area contributed by atoms with Crippen LogP contribution in [-0.2, 0) is 0 Å². The summed E-state index contributed by atoms with van der Waals surface area (Å²) >= 11 is 3.45. The van der Waals surface area contributed by atoms with Crippen molar-refractivity contribution in [3.8, 4) is 0 Å². The molecule has 0 bridgehead atoms. The number of nitrogen functional groups attached to an aromatic ring is 1. The average molecular weight is 267 g/mol. The van der Waals surface area contributed by atoms with Gasteiger partial charge in [-0.15, -0.1) is 0 Å². The maximum atomic E-state index is 5.74. The van der Waals surface area contributed by atoms with Crippen LogP contribution >= 0.6 is 15.9 Å². The van der Waals surface area contributed by atoms with E-state index in [1.807, 2.05) is 6.07 Å². The first-order chi connectivity index (χ1) is 7.24. The van der Waals surface area contributed by atoms with Crippen molar-refractivity contribution in [1.82, 2.24) is 14.6 Å². The van der Waals surface area contributed by atoms with Crippen molar-refractivity contribution in [2.45, 2.75) is 25.2 Å². The van der Waals surface area contributed by atoms with Crippen molar-refractivity contribution in [3.05, 3.63) is 22.6 Å². The summed E-state index contributed by atoms with van der Waals surface area (Å²) in [6.07, 6.45) is 5.52. The molecule has 1 fully saturated rings. The smallest absolute Gasteiger partial charge is 0.169 e. The zero-order chi connectivity index (χ0) is 10.4. The Morgan fingerprint density at radius 3 is 2.93 bits per heavy atom. The van der Waals surface area contributed by atoms with Crippen molar-refractivity contribution in [3.63, 3.8) is 0 Å². The van der Waals surface area contributed by atoms with Crippen molar-refractivity contribution in [2.75, 3.05) is 5.73 Å². The first kappa shape index (κ1) is 9.15. The van der Waals surface area contributed by atoms with Crippen LogP contribution in [0.1, 0.15) is 31.0 Å². The number of halogens is 1. The maximum Gasteiger partial charge on any atom is 0.169 e. The molecule has 4 nitrogen and oxygen atoms in total. The second-order valence-corrected chi connectivity index (χ2v) is 4.84. The highest BCUT2D eigenvalue weighted by Gasteiger charge is 2.24. The topological polar surface area (TPSA) is 56.2 Å². The summed E-state index contributed by atoms with van der Waals surface area (Å²) in [5.74, 6) is 1.51. The van der Waals surface area contributed by atoms with Crippen molar-refractivity contribution >= 4 is 27.3 Å². The van der Waals surface area contributed by atoms with Crippen LogP contribution in [0.3, 0.4) is 0 Å². The quantitative estimate of drug-likeness (QED) is 0.862. The molecule has 0 unspecified atom stereocenters. The van der Waals surface area contributed by atoms with Gasteiger partial charge in [-0.2, -0.15) is 5.10 Å². The average Bonchev–Trinajstić information content (AvgIpc) is 2.44. The van der Waals surface area contributed by atoms with Gasteiger partial charge in [0, 0.05) is 5.92 Å². The maximum absolute atomic E-state index is 5.74. The van der Waals surface area contributed by atoms with E-state index in [1.165, 1.54) is 19.3 Å². The Balaban J connectivity index is 2.16. The molecule has 0 aromatic carbocycles. The Morgan fingerprint density at radius 2 is 2.27 bits per heavy atom. The van der Waals surface area contributed by atoms with Gasteiger partial charge in [0.2, 0.25) is 0 Å². The molecule has 15 heavy (non-hydrogen) atoms. The van der Waals surface area contributed by atoms with E-state index in [1.54, 1.807) is 10.7 Å². The predicted octanol–water partition coefficient (Wildman–Crippen LogP) is 2.34. The van der Waals surface area contributed by atoms with Crippen LogP contribution in [0.4, 0.5) is 5.69 Å². The fourth-order valence-corrected chi connectivity index (χ4v) is 2.36. The predicted molar refractivity (Wildman–Crippen MR) is 61.7 cm³/mol. The molecule has 2 N–H and O–H groups in total. The highest BCUT2D eigenvalue weighted by atomic mass is 79.9. The molecule has 0 radical (unpaired) electrons. The Morgan fingerprint density at radius 1 is 1.47 bits per heavy atom. The molecule has 2 heterocycles. The Bertz CT molecular complexity index is 515. The van der Waals surface area contributed by atoms with Crippen molar-refractivity contribution in [2.24, 2.45) is 0 Å². The third kappa shape index (κ3) is 1.42. The molecule has 3 rings (SSSR count). The molecule has 0 aliphatic heterocycles. The van der Waals surface area contributed by atoms with Crippen LogP contribution in [0.15, 0.2) is 16.7 Å². The number of anilines is 1. The van der Waals surface area contributed by atoms with Crippen LogP contribution < -0.4 is 5.73 Å². The fraction of sp³-hybridized carbons (Fsp3) is 0.400. The van der Waals surface area contributed by atoms with Gasteiger partial charge in [0.15, 0.2) is 11.5 Å². The van der Waals surface area contributed by atoms with Crippen molar-refractivity contribution in [1.29, 1.82) is 0 Å². The van der Waals surface area contributed by atoms with Gasteiger partial charge in [-0.3, -0.25) is 0 Å². The molecule has 0 atom stereocenters. The SMILES string of the molecule is Nc1cc(Br)c2nc(C3CCC3)nn2c1. The molecular formula is C10H11BrN4. The minimum absolute atomic E-state index is 0.554. The molecule has 78 valence electrons. The monoisotopic (exact) mass is 266 g/mol. The zero-order valence-electron chi connectivity index (χ0n) is 8.15. The molecule has 0 amide bonds.